The zero-order chi connectivity index (χ0) is 18.9. The van der Waals surface area contributed by atoms with Gasteiger partial charge in [0.15, 0.2) is 17.8 Å². The molecule has 1 aromatic heterocycles. The Hall–Kier alpha value is -2.45. The number of fused-ring (bicyclic) bond motifs is 1. The van der Waals surface area contributed by atoms with Crippen molar-refractivity contribution in [3.8, 4) is 0 Å². The van der Waals surface area contributed by atoms with Crippen molar-refractivity contribution < 1.29 is 22.0 Å². The van der Waals surface area contributed by atoms with Crippen molar-refractivity contribution in [2.75, 3.05) is 10.5 Å². The number of hydrogen-bond donors (Lipinski definition) is 1. The lowest BCUT2D eigenvalue weighted by atomic mass is 10.0. The van der Waals surface area contributed by atoms with Gasteiger partial charge in [0.25, 0.3) is 0 Å². The molecule has 26 heavy (non-hydrogen) atoms. The maximum absolute atomic E-state index is 14.0. The Morgan fingerprint density at radius 2 is 2.08 bits per heavy atom. The normalized spacial score (nSPS) is 11.7. The Bertz CT molecular complexity index is 1100. The fourth-order valence-electron chi connectivity index (χ4n) is 2.47. The Balaban J connectivity index is 2.02. The summed E-state index contributed by atoms with van der Waals surface area (Å²) in [5, 5.41) is -0.170. The van der Waals surface area contributed by atoms with Crippen LogP contribution in [0.5, 0.6) is 0 Å². The largest absolute Gasteiger partial charge is 0.443 e. The summed E-state index contributed by atoms with van der Waals surface area (Å²) in [6.45, 7) is 1.70. The molecule has 0 amide bonds. The highest BCUT2D eigenvalue weighted by Crippen LogP contribution is 2.30. The average molecular weight is 397 g/mol. The number of halogens is 2. The number of oxazole rings is 1. The second-order valence-electron chi connectivity index (χ2n) is 5.60. The van der Waals surface area contributed by atoms with Gasteiger partial charge in [0.1, 0.15) is 11.3 Å². The van der Waals surface area contributed by atoms with Crippen LogP contribution in [-0.4, -0.2) is 24.9 Å². The number of nitrogens with one attached hydrogen (secondary N) is 1. The minimum atomic E-state index is -3.69. The number of benzene rings is 2. The van der Waals surface area contributed by atoms with E-state index in [9.17, 15) is 17.6 Å². The molecule has 1 N–H and O–H groups in total. The highest BCUT2D eigenvalue weighted by atomic mass is 35.5. The van der Waals surface area contributed by atoms with Gasteiger partial charge in [0.05, 0.1) is 16.5 Å². The van der Waals surface area contributed by atoms with Crippen LogP contribution in [0.15, 0.2) is 41.1 Å². The van der Waals surface area contributed by atoms with E-state index in [1.807, 2.05) is 0 Å². The summed E-state index contributed by atoms with van der Waals surface area (Å²) < 4.78 is 45.2. The topological polar surface area (TPSA) is 89.3 Å². The number of hydrogen-bond acceptors (Lipinski definition) is 5. The summed E-state index contributed by atoms with van der Waals surface area (Å²) in [6, 6.07) is 6.46. The van der Waals surface area contributed by atoms with Gasteiger partial charge in [-0.1, -0.05) is 18.5 Å². The predicted molar refractivity (Wildman–Crippen MR) is 96.6 cm³/mol. The van der Waals surface area contributed by atoms with Gasteiger partial charge in [0, 0.05) is 11.1 Å². The van der Waals surface area contributed by atoms with E-state index < -0.39 is 21.6 Å². The molecule has 136 valence electrons. The fraction of sp³-hybridized carbons (Fsp3) is 0.176. The summed E-state index contributed by atoms with van der Waals surface area (Å²) in [5.74, 6) is -1.49. The van der Waals surface area contributed by atoms with E-state index in [4.69, 9.17) is 16.0 Å². The number of sulfonamides is 1. The van der Waals surface area contributed by atoms with Gasteiger partial charge in [-0.05, 0) is 36.8 Å². The van der Waals surface area contributed by atoms with Crippen LogP contribution in [0, 0.1) is 5.82 Å². The molecule has 0 saturated heterocycles. The first-order chi connectivity index (χ1) is 12.3. The number of nitrogens with zero attached hydrogens (tertiary/aromatic N) is 1. The van der Waals surface area contributed by atoms with E-state index in [1.165, 1.54) is 18.5 Å². The van der Waals surface area contributed by atoms with Gasteiger partial charge in [0.2, 0.25) is 10.0 Å². The molecule has 9 heteroatoms. The van der Waals surface area contributed by atoms with E-state index >= 15 is 0 Å². The number of aromatic nitrogens is 1. The molecule has 0 unspecified atom stereocenters. The molecule has 0 spiro atoms. The quantitative estimate of drug-likeness (QED) is 0.636. The third-order valence-corrected chi connectivity index (χ3v) is 5.50. The summed E-state index contributed by atoms with van der Waals surface area (Å²) in [7, 11) is -3.69. The predicted octanol–water partition coefficient (Wildman–Crippen LogP) is 4.00. The van der Waals surface area contributed by atoms with Crippen molar-refractivity contribution in [2.45, 2.75) is 13.3 Å². The number of ketones is 1. The van der Waals surface area contributed by atoms with Crippen molar-refractivity contribution in [2.24, 2.45) is 0 Å². The molecule has 0 aliphatic rings. The van der Waals surface area contributed by atoms with Gasteiger partial charge >= 0.3 is 0 Å². The van der Waals surface area contributed by atoms with E-state index in [0.717, 1.165) is 12.1 Å². The lowest BCUT2D eigenvalue weighted by Crippen LogP contribution is -2.17. The zero-order valence-electron chi connectivity index (χ0n) is 13.6. The first kappa shape index (κ1) is 18.3. The van der Waals surface area contributed by atoms with Crippen LogP contribution < -0.4 is 4.72 Å². The van der Waals surface area contributed by atoms with Crippen LogP contribution in [0.25, 0.3) is 11.1 Å². The van der Waals surface area contributed by atoms with Gasteiger partial charge < -0.3 is 4.42 Å². The van der Waals surface area contributed by atoms with Crippen LogP contribution in [0.4, 0.5) is 10.1 Å². The van der Waals surface area contributed by atoms with Crippen molar-refractivity contribution in [3.05, 3.63) is 58.7 Å². The highest BCUT2D eigenvalue weighted by Gasteiger charge is 2.20. The molecule has 3 rings (SSSR count). The minimum absolute atomic E-state index is 0.147. The number of carbonyl (C=O) groups is 1. The molecule has 3 aromatic rings. The molecule has 6 nitrogen and oxygen atoms in total. The molecule has 0 aliphatic heterocycles. The van der Waals surface area contributed by atoms with Crippen molar-refractivity contribution in [1.82, 2.24) is 4.98 Å². The van der Waals surface area contributed by atoms with Crippen LogP contribution in [0.1, 0.15) is 29.3 Å². The van der Waals surface area contributed by atoms with Gasteiger partial charge in [-0.15, -0.1) is 0 Å². The van der Waals surface area contributed by atoms with E-state index in [0.29, 0.717) is 17.5 Å². The van der Waals surface area contributed by atoms with Crippen LogP contribution in [-0.2, 0) is 10.0 Å². The van der Waals surface area contributed by atoms with Gasteiger partial charge in [-0.2, -0.15) is 0 Å². The minimum Gasteiger partial charge on any atom is -0.443 e. The maximum atomic E-state index is 14.0. The smallest absolute Gasteiger partial charge is 0.232 e. The maximum Gasteiger partial charge on any atom is 0.232 e. The third-order valence-electron chi connectivity index (χ3n) is 3.61. The number of anilines is 1. The van der Waals surface area contributed by atoms with Crippen molar-refractivity contribution in [1.29, 1.82) is 0 Å². The first-order valence-corrected chi connectivity index (χ1v) is 9.71. The van der Waals surface area contributed by atoms with Gasteiger partial charge in [-0.25, -0.2) is 17.8 Å². The summed E-state index contributed by atoms with van der Waals surface area (Å²) in [6.07, 6.45) is 1.63. The average Bonchev–Trinajstić information content (AvgIpc) is 3.04. The van der Waals surface area contributed by atoms with E-state index in [1.54, 1.807) is 13.0 Å². The first-order valence-electron chi connectivity index (χ1n) is 7.68. The third kappa shape index (κ3) is 3.71. The zero-order valence-corrected chi connectivity index (χ0v) is 15.2. The van der Waals surface area contributed by atoms with Crippen molar-refractivity contribution >= 4 is 44.2 Å². The van der Waals surface area contributed by atoms with Crippen LogP contribution >= 0.6 is 11.6 Å². The molecule has 0 atom stereocenters. The molecular weight excluding hydrogens is 383 g/mol. The SMILES string of the molecule is CCCS(=O)(=O)Nc1cc(F)cc(C(=O)c2ccc3ocnc3c2)c1Cl. The molecule has 0 saturated carbocycles. The Labute approximate surface area is 154 Å². The fourth-order valence-corrected chi connectivity index (χ4v) is 3.90. The number of rotatable bonds is 6. The highest BCUT2D eigenvalue weighted by molar-refractivity contribution is 7.92. The van der Waals surface area contributed by atoms with E-state index in [2.05, 4.69) is 9.71 Å². The molecule has 0 radical (unpaired) electrons. The lowest BCUT2D eigenvalue weighted by Gasteiger charge is -2.12. The Kier molecular flexibility index (Phi) is 4.97. The standard InChI is InChI=1S/C17H14ClFN2O4S/c1-2-5-26(23,24)21-14-8-11(19)7-12(16(14)18)17(22)10-3-4-15-13(6-10)20-9-25-15/h3-4,6-9,21H,2,5H2,1H3. The monoisotopic (exact) mass is 396 g/mol. The summed E-state index contributed by atoms with van der Waals surface area (Å²) in [5.41, 5.74) is 0.864. The molecule has 1 heterocycles. The molecule has 2 aromatic carbocycles. The van der Waals surface area contributed by atoms with Gasteiger partial charge in [-0.3, -0.25) is 9.52 Å². The second kappa shape index (κ2) is 7.05. The summed E-state index contributed by atoms with van der Waals surface area (Å²) in [4.78, 5) is 16.7. The van der Waals surface area contributed by atoms with Crippen LogP contribution in [0.3, 0.4) is 0 Å². The number of carbonyl (C=O) groups excluding carboxylic acids is 1. The molecular formula is C17H14ClFN2O4S. The second-order valence-corrected chi connectivity index (χ2v) is 7.82. The lowest BCUT2D eigenvalue weighted by molar-refractivity contribution is 0.103. The van der Waals surface area contributed by atoms with Crippen LogP contribution in [0.2, 0.25) is 5.02 Å². The van der Waals surface area contributed by atoms with E-state index in [-0.39, 0.29) is 27.6 Å². The summed E-state index contributed by atoms with van der Waals surface area (Å²) >= 11 is 6.18. The van der Waals surface area contributed by atoms with Crippen molar-refractivity contribution in [3.63, 3.8) is 0 Å². The molecule has 0 fully saturated rings. The Morgan fingerprint density at radius 1 is 1.31 bits per heavy atom. The molecule has 0 bridgehead atoms. The Morgan fingerprint density at radius 3 is 2.81 bits per heavy atom. The molecule has 0 aliphatic carbocycles.